The van der Waals surface area contributed by atoms with Crippen LogP contribution in [0.15, 0.2) is 54.6 Å². The number of halogens is 4. The van der Waals surface area contributed by atoms with Crippen molar-refractivity contribution < 1.29 is 27.1 Å². The first-order valence-electron chi connectivity index (χ1n) is 8.57. The van der Waals surface area contributed by atoms with Gasteiger partial charge in [-0.1, -0.05) is 12.1 Å². The van der Waals surface area contributed by atoms with Crippen molar-refractivity contribution in [2.24, 2.45) is 0 Å². The van der Waals surface area contributed by atoms with Crippen LogP contribution in [-0.2, 0) is 22.3 Å². The van der Waals surface area contributed by atoms with Gasteiger partial charge in [-0.25, -0.2) is 9.18 Å². The second-order valence-electron chi connectivity index (χ2n) is 6.14. The first kappa shape index (κ1) is 19.7. The largest absolute Gasteiger partial charge is 0.463 e. The fourth-order valence-corrected chi connectivity index (χ4v) is 2.95. The van der Waals surface area contributed by atoms with Gasteiger partial charge in [0.05, 0.1) is 12.2 Å². The van der Waals surface area contributed by atoms with Crippen molar-refractivity contribution in [3.8, 4) is 0 Å². The standard InChI is InChI=1S/C21H17F4NO2/c1-2-28-20(27)9-7-18-12-15-11-17(22)6-8-19(15)26(18)13-14-4-3-5-16(10-14)21(23,24)25/h3-12H,2,13H2,1H3/b9-7+. The molecular formula is C21H17F4NO2. The van der Waals surface area contributed by atoms with Crippen LogP contribution in [0.3, 0.4) is 0 Å². The van der Waals surface area contributed by atoms with E-state index >= 15 is 0 Å². The first-order chi connectivity index (χ1) is 13.3. The van der Waals surface area contributed by atoms with E-state index in [0.717, 1.165) is 12.1 Å². The topological polar surface area (TPSA) is 31.2 Å². The van der Waals surface area contributed by atoms with E-state index in [1.54, 1.807) is 29.7 Å². The van der Waals surface area contributed by atoms with Crippen molar-refractivity contribution in [3.05, 3.63) is 77.2 Å². The molecule has 0 spiro atoms. The van der Waals surface area contributed by atoms with Crippen LogP contribution in [0.4, 0.5) is 17.6 Å². The van der Waals surface area contributed by atoms with Crippen LogP contribution < -0.4 is 0 Å². The SMILES string of the molecule is CCOC(=O)/C=C/c1cc2cc(F)ccc2n1Cc1cccc(C(F)(F)F)c1. The van der Waals surface area contributed by atoms with Gasteiger partial charge in [-0.3, -0.25) is 0 Å². The fraction of sp³-hybridized carbons (Fsp3) is 0.190. The Labute approximate surface area is 158 Å². The summed E-state index contributed by atoms with van der Waals surface area (Å²) in [7, 11) is 0. The number of fused-ring (bicyclic) bond motifs is 1. The maximum atomic E-state index is 13.6. The van der Waals surface area contributed by atoms with Crippen molar-refractivity contribution in [1.29, 1.82) is 0 Å². The summed E-state index contributed by atoms with van der Waals surface area (Å²) >= 11 is 0. The summed E-state index contributed by atoms with van der Waals surface area (Å²) in [4.78, 5) is 11.6. The van der Waals surface area contributed by atoms with Crippen LogP contribution in [0.25, 0.3) is 17.0 Å². The fourth-order valence-electron chi connectivity index (χ4n) is 2.95. The average Bonchev–Trinajstić information content (AvgIpc) is 2.96. The molecule has 0 radical (unpaired) electrons. The number of alkyl halides is 3. The Balaban J connectivity index is 2.03. The Morgan fingerprint density at radius 1 is 1.14 bits per heavy atom. The van der Waals surface area contributed by atoms with Gasteiger partial charge in [-0.05, 0) is 55.0 Å². The lowest BCUT2D eigenvalue weighted by Gasteiger charge is -2.12. The molecule has 3 nitrogen and oxygen atoms in total. The van der Waals surface area contributed by atoms with E-state index < -0.39 is 23.5 Å². The second-order valence-corrected chi connectivity index (χ2v) is 6.14. The Morgan fingerprint density at radius 3 is 2.64 bits per heavy atom. The minimum atomic E-state index is -4.44. The van der Waals surface area contributed by atoms with Gasteiger partial charge in [0.15, 0.2) is 0 Å². The van der Waals surface area contributed by atoms with Crippen LogP contribution in [-0.4, -0.2) is 17.1 Å². The van der Waals surface area contributed by atoms with Crippen LogP contribution in [0.2, 0.25) is 0 Å². The Hall–Kier alpha value is -3.09. The average molecular weight is 391 g/mol. The molecule has 1 heterocycles. The lowest BCUT2D eigenvalue weighted by atomic mass is 10.1. The lowest BCUT2D eigenvalue weighted by Crippen LogP contribution is -2.07. The molecule has 0 aliphatic carbocycles. The van der Waals surface area contributed by atoms with Crippen molar-refractivity contribution in [3.63, 3.8) is 0 Å². The summed E-state index contributed by atoms with van der Waals surface area (Å²) in [6.07, 6.45) is -1.70. The van der Waals surface area contributed by atoms with E-state index in [1.807, 2.05) is 0 Å². The van der Waals surface area contributed by atoms with Gasteiger partial charge in [0.2, 0.25) is 0 Å². The van der Waals surface area contributed by atoms with Gasteiger partial charge in [-0.15, -0.1) is 0 Å². The number of benzene rings is 2. The number of esters is 1. The van der Waals surface area contributed by atoms with Crippen molar-refractivity contribution in [1.82, 2.24) is 4.57 Å². The molecule has 146 valence electrons. The summed E-state index contributed by atoms with van der Waals surface area (Å²) in [6.45, 7) is 2.03. The monoisotopic (exact) mass is 391 g/mol. The van der Waals surface area contributed by atoms with Gasteiger partial charge < -0.3 is 9.30 Å². The molecule has 0 amide bonds. The third kappa shape index (κ3) is 4.42. The molecule has 0 aliphatic rings. The summed E-state index contributed by atoms with van der Waals surface area (Å²) in [5, 5.41) is 0.579. The highest BCUT2D eigenvalue weighted by atomic mass is 19.4. The van der Waals surface area contributed by atoms with Crippen LogP contribution in [0, 0.1) is 5.82 Å². The summed E-state index contributed by atoms with van der Waals surface area (Å²) in [6, 6.07) is 10.9. The predicted octanol–water partition coefficient (Wildman–Crippen LogP) is 5.42. The molecule has 28 heavy (non-hydrogen) atoms. The van der Waals surface area contributed by atoms with E-state index in [-0.39, 0.29) is 13.2 Å². The van der Waals surface area contributed by atoms with Gasteiger partial charge in [0.1, 0.15) is 5.82 Å². The van der Waals surface area contributed by atoms with Gasteiger partial charge in [-0.2, -0.15) is 13.2 Å². The zero-order valence-corrected chi connectivity index (χ0v) is 15.0. The third-order valence-corrected chi connectivity index (χ3v) is 4.17. The Kier molecular flexibility index (Phi) is 5.53. The van der Waals surface area contributed by atoms with Crippen LogP contribution in [0.5, 0.6) is 0 Å². The Morgan fingerprint density at radius 2 is 1.93 bits per heavy atom. The van der Waals surface area contributed by atoms with Crippen LogP contribution >= 0.6 is 0 Å². The zero-order valence-electron chi connectivity index (χ0n) is 15.0. The van der Waals surface area contributed by atoms with Gasteiger partial charge in [0.25, 0.3) is 0 Å². The molecule has 0 unspecified atom stereocenters. The summed E-state index contributed by atoms with van der Waals surface area (Å²) in [5.41, 5.74) is 0.881. The highest BCUT2D eigenvalue weighted by Gasteiger charge is 2.30. The van der Waals surface area contributed by atoms with Crippen molar-refractivity contribution in [2.45, 2.75) is 19.6 Å². The number of hydrogen-bond donors (Lipinski definition) is 0. The first-order valence-corrected chi connectivity index (χ1v) is 8.57. The quantitative estimate of drug-likeness (QED) is 0.330. The molecule has 3 aromatic rings. The van der Waals surface area contributed by atoms with Gasteiger partial charge in [0, 0.05) is 29.2 Å². The smallest absolute Gasteiger partial charge is 0.416 e. The number of nitrogens with zero attached hydrogens (tertiary/aromatic N) is 1. The maximum absolute atomic E-state index is 13.6. The van der Waals surface area contributed by atoms with E-state index in [4.69, 9.17) is 4.74 Å². The molecule has 7 heteroatoms. The molecule has 0 atom stereocenters. The minimum Gasteiger partial charge on any atom is -0.463 e. The molecule has 1 aromatic heterocycles. The summed E-state index contributed by atoms with van der Waals surface area (Å²) < 4.78 is 59.1. The molecule has 0 bridgehead atoms. The van der Waals surface area contributed by atoms with E-state index in [2.05, 4.69) is 0 Å². The minimum absolute atomic E-state index is 0.127. The molecule has 0 saturated carbocycles. The molecule has 0 fully saturated rings. The molecular weight excluding hydrogens is 374 g/mol. The van der Waals surface area contributed by atoms with Crippen molar-refractivity contribution in [2.75, 3.05) is 6.61 Å². The van der Waals surface area contributed by atoms with E-state index in [0.29, 0.717) is 22.2 Å². The molecule has 0 aliphatic heterocycles. The predicted molar refractivity (Wildman–Crippen MR) is 98.1 cm³/mol. The van der Waals surface area contributed by atoms with E-state index in [1.165, 1.54) is 30.4 Å². The molecule has 2 aromatic carbocycles. The number of aromatic nitrogens is 1. The molecule has 0 saturated heterocycles. The number of carbonyl (C=O) groups excluding carboxylic acids is 1. The summed E-state index contributed by atoms with van der Waals surface area (Å²) in [5.74, 6) is -0.964. The maximum Gasteiger partial charge on any atom is 0.416 e. The highest BCUT2D eigenvalue weighted by Crippen LogP contribution is 2.30. The zero-order chi connectivity index (χ0) is 20.3. The third-order valence-electron chi connectivity index (χ3n) is 4.17. The number of ether oxygens (including phenoxy) is 1. The normalized spacial score (nSPS) is 12.0. The molecule has 0 N–H and O–H groups in total. The van der Waals surface area contributed by atoms with Crippen LogP contribution in [0.1, 0.15) is 23.7 Å². The number of carbonyl (C=O) groups is 1. The highest BCUT2D eigenvalue weighted by molar-refractivity contribution is 5.89. The number of hydrogen-bond acceptors (Lipinski definition) is 2. The van der Waals surface area contributed by atoms with Crippen molar-refractivity contribution >= 4 is 22.9 Å². The van der Waals surface area contributed by atoms with Gasteiger partial charge >= 0.3 is 12.1 Å². The Bertz CT molecular complexity index is 1030. The molecule has 3 rings (SSSR count). The lowest BCUT2D eigenvalue weighted by molar-refractivity contribution is -0.138. The number of rotatable bonds is 5. The van der Waals surface area contributed by atoms with E-state index in [9.17, 15) is 22.4 Å². The second kappa shape index (κ2) is 7.88.